The van der Waals surface area contributed by atoms with Gasteiger partial charge in [-0.05, 0) is 68.9 Å². The molecule has 0 aliphatic carbocycles. The molecule has 0 aromatic heterocycles. The van der Waals surface area contributed by atoms with E-state index >= 15 is 0 Å². The third-order valence-corrected chi connectivity index (χ3v) is 5.40. The Morgan fingerprint density at radius 3 is 2.54 bits per heavy atom. The minimum absolute atomic E-state index is 0.556. The van der Waals surface area contributed by atoms with Crippen LogP contribution in [0.5, 0.6) is 11.5 Å². The number of benzene rings is 2. The van der Waals surface area contributed by atoms with Gasteiger partial charge in [0, 0.05) is 22.6 Å². The number of ether oxygens (including phenoxy) is 2. The molecule has 0 atom stereocenters. The fourth-order valence-electron chi connectivity index (χ4n) is 3.17. The van der Waals surface area contributed by atoms with Crippen molar-refractivity contribution in [3.63, 3.8) is 0 Å². The van der Waals surface area contributed by atoms with Gasteiger partial charge in [-0.1, -0.05) is 28.1 Å². The summed E-state index contributed by atoms with van der Waals surface area (Å²) in [7, 11) is 3.89. The monoisotopic (exact) mass is 418 g/mol. The van der Waals surface area contributed by atoms with Crippen LogP contribution in [0.3, 0.4) is 0 Å². The van der Waals surface area contributed by atoms with Crippen molar-refractivity contribution in [3.05, 3.63) is 58.1 Å². The van der Waals surface area contributed by atoms with Crippen LogP contribution in [0.1, 0.15) is 24.0 Å². The zero-order valence-corrected chi connectivity index (χ0v) is 17.1. The molecule has 2 aromatic carbocycles. The molecule has 0 unspecified atom stereocenters. The molecule has 3 rings (SSSR count). The van der Waals surface area contributed by atoms with Gasteiger partial charge in [-0.15, -0.1) is 0 Å². The van der Waals surface area contributed by atoms with Gasteiger partial charge >= 0.3 is 0 Å². The van der Waals surface area contributed by atoms with E-state index < -0.39 is 0 Å². The summed E-state index contributed by atoms with van der Waals surface area (Å²) in [6.45, 7) is 3.66. The first kappa shape index (κ1) is 19.2. The maximum atomic E-state index is 6.10. The van der Waals surface area contributed by atoms with Crippen molar-refractivity contribution >= 4 is 15.9 Å². The molecular weight excluding hydrogens is 392 g/mol. The Balaban J connectivity index is 1.63. The Labute approximate surface area is 164 Å². The molecule has 0 saturated carbocycles. The maximum Gasteiger partial charge on any atom is 0.124 e. The van der Waals surface area contributed by atoms with Gasteiger partial charge in [0.05, 0.1) is 7.11 Å². The van der Waals surface area contributed by atoms with E-state index in [2.05, 4.69) is 51.4 Å². The van der Waals surface area contributed by atoms with Crippen LogP contribution in [-0.2, 0) is 13.2 Å². The largest absolute Gasteiger partial charge is 0.497 e. The number of hydrogen-bond acceptors (Lipinski definition) is 4. The minimum atomic E-state index is 0.556. The first-order valence-electron chi connectivity index (χ1n) is 9.10. The number of nitrogens with zero attached hydrogens (tertiary/aromatic N) is 1. The highest BCUT2D eigenvalue weighted by molar-refractivity contribution is 9.10. The molecule has 1 fully saturated rings. The van der Waals surface area contributed by atoms with E-state index in [1.54, 1.807) is 7.11 Å². The molecule has 0 spiro atoms. The van der Waals surface area contributed by atoms with Crippen molar-refractivity contribution in [2.75, 3.05) is 27.2 Å². The molecule has 1 saturated heterocycles. The maximum absolute atomic E-state index is 6.10. The summed E-state index contributed by atoms with van der Waals surface area (Å²) in [6, 6.07) is 14.8. The lowest BCUT2D eigenvalue weighted by Gasteiger charge is -2.29. The first-order chi connectivity index (χ1) is 12.6. The van der Waals surface area contributed by atoms with Crippen molar-refractivity contribution in [1.29, 1.82) is 0 Å². The van der Waals surface area contributed by atoms with Crippen LogP contribution >= 0.6 is 15.9 Å². The van der Waals surface area contributed by atoms with E-state index in [0.717, 1.165) is 46.7 Å². The van der Waals surface area contributed by atoms with Crippen molar-refractivity contribution in [1.82, 2.24) is 10.2 Å². The normalized spacial score (nSPS) is 15.8. The highest BCUT2D eigenvalue weighted by atomic mass is 79.9. The molecule has 1 aliphatic rings. The van der Waals surface area contributed by atoms with Crippen LogP contribution in [0, 0.1) is 0 Å². The summed E-state index contributed by atoms with van der Waals surface area (Å²) < 4.78 is 12.6. The highest BCUT2D eigenvalue weighted by Gasteiger charge is 2.17. The van der Waals surface area contributed by atoms with Gasteiger partial charge in [-0.25, -0.2) is 0 Å². The summed E-state index contributed by atoms with van der Waals surface area (Å²) in [4.78, 5) is 2.39. The van der Waals surface area contributed by atoms with E-state index in [1.807, 2.05) is 24.3 Å². The molecule has 26 heavy (non-hydrogen) atoms. The Morgan fingerprint density at radius 1 is 1.12 bits per heavy atom. The van der Waals surface area contributed by atoms with Gasteiger partial charge in [0.1, 0.15) is 18.1 Å². The minimum Gasteiger partial charge on any atom is -0.497 e. The Hall–Kier alpha value is -1.56. The standard InChI is InChI=1S/C21H27BrN2O2/c1-24-11-9-19(10-12-24)23-14-17-13-20(25-2)7-8-21(17)26-15-16-3-5-18(22)6-4-16/h3-8,13,19,23H,9-12,14-15H2,1-2H3. The lowest BCUT2D eigenvalue weighted by Crippen LogP contribution is -2.40. The fraction of sp³-hybridized carbons (Fsp3) is 0.429. The summed E-state index contributed by atoms with van der Waals surface area (Å²) >= 11 is 3.46. The van der Waals surface area contributed by atoms with Crippen molar-refractivity contribution in [3.8, 4) is 11.5 Å². The van der Waals surface area contributed by atoms with Crippen LogP contribution in [-0.4, -0.2) is 38.2 Å². The molecular formula is C21H27BrN2O2. The fourth-order valence-corrected chi connectivity index (χ4v) is 3.43. The van der Waals surface area contributed by atoms with Crippen molar-refractivity contribution < 1.29 is 9.47 Å². The number of nitrogens with one attached hydrogen (secondary N) is 1. The smallest absolute Gasteiger partial charge is 0.124 e. The third-order valence-electron chi connectivity index (χ3n) is 4.88. The summed E-state index contributed by atoms with van der Waals surface area (Å²) in [5, 5.41) is 3.69. The predicted molar refractivity (Wildman–Crippen MR) is 109 cm³/mol. The van der Waals surface area contributed by atoms with Crippen LogP contribution in [0.15, 0.2) is 46.9 Å². The quantitative estimate of drug-likeness (QED) is 0.729. The third kappa shape index (κ3) is 5.47. The molecule has 4 nitrogen and oxygen atoms in total. The number of methoxy groups -OCH3 is 1. The Morgan fingerprint density at radius 2 is 1.85 bits per heavy atom. The van der Waals surface area contributed by atoms with Crippen molar-refractivity contribution in [2.45, 2.75) is 32.0 Å². The number of piperidine rings is 1. The number of rotatable bonds is 7. The molecule has 1 N–H and O–H groups in total. The van der Waals surface area contributed by atoms with E-state index in [9.17, 15) is 0 Å². The van der Waals surface area contributed by atoms with Gasteiger partial charge < -0.3 is 19.7 Å². The molecule has 1 aliphatic heterocycles. The molecule has 2 aromatic rings. The molecule has 140 valence electrons. The molecule has 0 bridgehead atoms. The lowest BCUT2D eigenvalue weighted by molar-refractivity contribution is 0.233. The molecule has 5 heteroatoms. The number of halogens is 1. The topological polar surface area (TPSA) is 33.7 Å². The van der Waals surface area contributed by atoms with Crippen LogP contribution < -0.4 is 14.8 Å². The second-order valence-electron chi connectivity index (χ2n) is 6.85. The summed E-state index contributed by atoms with van der Waals surface area (Å²) in [5.74, 6) is 1.77. The first-order valence-corrected chi connectivity index (χ1v) is 9.89. The molecule has 0 radical (unpaired) electrons. The van der Waals surface area contributed by atoms with E-state index in [4.69, 9.17) is 9.47 Å². The highest BCUT2D eigenvalue weighted by Crippen LogP contribution is 2.26. The van der Waals surface area contributed by atoms with Gasteiger partial charge in [0.2, 0.25) is 0 Å². The molecule has 0 amide bonds. The zero-order valence-electron chi connectivity index (χ0n) is 15.5. The van der Waals surface area contributed by atoms with Crippen LogP contribution in [0.2, 0.25) is 0 Å². The van der Waals surface area contributed by atoms with Gasteiger partial charge in [-0.3, -0.25) is 0 Å². The summed E-state index contributed by atoms with van der Waals surface area (Å²) in [5.41, 5.74) is 2.29. The second-order valence-corrected chi connectivity index (χ2v) is 7.76. The van der Waals surface area contributed by atoms with Gasteiger partial charge in [0.15, 0.2) is 0 Å². The molecule has 1 heterocycles. The van der Waals surface area contributed by atoms with Crippen LogP contribution in [0.25, 0.3) is 0 Å². The second kappa shape index (κ2) is 9.40. The van der Waals surface area contributed by atoms with Gasteiger partial charge in [0.25, 0.3) is 0 Å². The summed E-state index contributed by atoms with van der Waals surface area (Å²) in [6.07, 6.45) is 2.38. The van der Waals surface area contributed by atoms with E-state index in [-0.39, 0.29) is 0 Å². The Bertz CT molecular complexity index is 698. The predicted octanol–water partition coefficient (Wildman–Crippen LogP) is 4.22. The van der Waals surface area contributed by atoms with Crippen molar-refractivity contribution in [2.24, 2.45) is 0 Å². The average molecular weight is 419 g/mol. The number of hydrogen-bond donors (Lipinski definition) is 1. The SMILES string of the molecule is COc1ccc(OCc2ccc(Br)cc2)c(CNC2CCN(C)CC2)c1. The Kier molecular flexibility index (Phi) is 6.94. The lowest BCUT2D eigenvalue weighted by atomic mass is 10.0. The average Bonchev–Trinajstić information content (AvgIpc) is 2.67. The number of likely N-dealkylation sites (tertiary alicyclic amines) is 1. The van der Waals surface area contributed by atoms with Gasteiger partial charge in [-0.2, -0.15) is 0 Å². The van der Waals surface area contributed by atoms with Crippen LogP contribution in [0.4, 0.5) is 0 Å². The zero-order chi connectivity index (χ0) is 18.4. The van der Waals surface area contributed by atoms with E-state index in [1.165, 1.54) is 12.8 Å². The van der Waals surface area contributed by atoms with E-state index in [0.29, 0.717) is 12.6 Å².